The van der Waals surface area contributed by atoms with Crippen LogP contribution in [0.25, 0.3) is 0 Å². The molecular weight excluding hydrogens is 262 g/mol. The highest BCUT2D eigenvalue weighted by Crippen LogP contribution is 2.27. The van der Waals surface area contributed by atoms with Gasteiger partial charge in [0.25, 0.3) is 0 Å². The van der Waals surface area contributed by atoms with Gasteiger partial charge in [-0.25, -0.2) is 0 Å². The van der Waals surface area contributed by atoms with Crippen molar-refractivity contribution in [2.45, 2.75) is 85.1 Å². The number of hydrogen-bond donors (Lipinski definition) is 1. The second-order valence-electron chi connectivity index (χ2n) is 7.60. The lowest BCUT2D eigenvalue weighted by Gasteiger charge is -2.26. The van der Waals surface area contributed by atoms with Gasteiger partial charge in [-0.2, -0.15) is 0 Å². The van der Waals surface area contributed by atoms with E-state index in [1.807, 2.05) is 6.92 Å². The van der Waals surface area contributed by atoms with Gasteiger partial charge in [0.1, 0.15) is 18.1 Å². The molecule has 1 saturated carbocycles. The third-order valence-corrected chi connectivity index (χ3v) is 4.23. The minimum atomic E-state index is 0.124. The second kappa shape index (κ2) is 6.97. The Bertz CT molecular complexity index is 445. The van der Waals surface area contributed by atoms with Gasteiger partial charge < -0.3 is 14.5 Å². The summed E-state index contributed by atoms with van der Waals surface area (Å²) in [6.07, 6.45) is 5.45. The zero-order valence-electron chi connectivity index (χ0n) is 14.3. The summed E-state index contributed by atoms with van der Waals surface area (Å²) in [5.41, 5.74) is 1.36. The highest BCUT2D eigenvalue weighted by Gasteiger charge is 2.20. The molecule has 0 spiro atoms. The smallest absolute Gasteiger partial charge is 0.130 e. The van der Waals surface area contributed by atoms with E-state index < -0.39 is 0 Å². The molecule has 0 saturated heterocycles. The first-order valence-corrected chi connectivity index (χ1v) is 8.28. The van der Waals surface area contributed by atoms with Gasteiger partial charge in [-0.1, -0.05) is 19.8 Å². The number of aryl methyl sites for hydroxylation is 1. The summed E-state index contributed by atoms with van der Waals surface area (Å²) < 4.78 is 11.9. The van der Waals surface area contributed by atoms with Crippen LogP contribution in [0, 0.1) is 12.8 Å². The van der Waals surface area contributed by atoms with Crippen molar-refractivity contribution in [2.75, 3.05) is 0 Å². The maximum atomic E-state index is 6.04. The monoisotopic (exact) mass is 293 g/mol. The summed E-state index contributed by atoms with van der Waals surface area (Å²) in [7, 11) is 0. The molecule has 2 rings (SSSR count). The molecule has 2 atom stereocenters. The summed E-state index contributed by atoms with van der Waals surface area (Å²) >= 11 is 0. The number of nitrogens with one attached hydrogen (secondary N) is 1. The van der Waals surface area contributed by atoms with Crippen LogP contribution in [-0.2, 0) is 17.9 Å². The molecule has 0 aromatic carbocycles. The minimum absolute atomic E-state index is 0.124. The molecule has 21 heavy (non-hydrogen) atoms. The molecule has 1 fully saturated rings. The third kappa shape index (κ3) is 5.48. The highest BCUT2D eigenvalue weighted by molar-refractivity contribution is 5.20. The van der Waals surface area contributed by atoms with Gasteiger partial charge in [0.05, 0.1) is 6.10 Å². The second-order valence-corrected chi connectivity index (χ2v) is 7.60. The molecule has 0 amide bonds. The van der Waals surface area contributed by atoms with Crippen molar-refractivity contribution in [3.8, 4) is 0 Å². The molecule has 1 aromatic rings. The van der Waals surface area contributed by atoms with E-state index in [1.54, 1.807) is 0 Å². The SMILES string of the molecule is Cc1oc(COC2CCCC(C)C2)cc1CNC(C)(C)C. The Morgan fingerprint density at radius 1 is 1.33 bits per heavy atom. The van der Waals surface area contributed by atoms with E-state index in [1.165, 1.54) is 31.2 Å². The molecule has 1 aliphatic carbocycles. The average Bonchev–Trinajstić information content (AvgIpc) is 2.74. The van der Waals surface area contributed by atoms with Crippen LogP contribution in [0.5, 0.6) is 0 Å². The van der Waals surface area contributed by atoms with E-state index in [0.29, 0.717) is 12.7 Å². The summed E-state index contributed by atoms with van der Waals surface area (Å²) in [5, 5.41) is 3.50. The van der Waals surface area contributed by atoms with Crippen LogP contribution in [0.4, 0.5) is 0 Å². The number of furan rings is 1. The predicted octanol–water partition coefficient (Wildman–Crippen LogP) is 4.57. The number of ether oxygens (including phenoxy) is 1. The maximum Gasteiger partial charge on any atom is 0.130 e. The maximum absolute atomic E-state index is 6.04. The fourth-order valence-electron chi connectivity index (χ4n) is 2.92. The molecule has 0 bridgehead atoms. The summed E-state index contributed by atoms with van der Waals surface area (Å²) in [6, 6.07) is 2.14. The highest BCUT2D eigenvalue weighted by atomic mass is 16.5. The van der Waals surface area contributed by atoms with Gasteiger partial charge >= 0.3 is 0 Å². The predicted molar refractivity (Wildman–Crippen MR) is 86.2 cm³/mol. The Kier molecular flexibility index (Phi) is 5.50. The first kappa shape index (κ1) is 16.6. The fraction of sp³-hybridized carbons (Fsp3) is 0.778. The molecule has 1 heterocycles. The lowest BCUT2D eigenvalue weighted by Crippen LogP contribution is -2.35. The van der Waals surface area contributed by atoms with Crippen molar-refractivity contribution < 1.29 is 9.15 Å². The molecule has 120 valence electrons. The molecule has 3 heteroatoms. The molecule has 0 radical (unpaired) electrons. The van der Waals surface area contributed by atoms with Crippen LogP contribution < -0.4 is 5.32 Å². The molecule has 1 aromatic heterocycles. The van der Waals surface area contributed by atoms with Gasteiger partial charge in [-0.15, -0.1) is 0 Å². The van der Waals surface area contributed by atoms with Crippen LogP contribution in [0.3, 0.4) is 0 Å². The van der Waals surface area contributed by atoms with Crippen molar-refractivity contribution in [1.82, 2.24) is 5.32 Å². The molecular formula is C18H31NO2. The van der Waals surface area contributed by atoms with E-state index in [9.17, 15) is 0 Å². The Morgan fingerprint density at radius 2 is 2.10 bits per heavy atom. The zero-order chi connectivity index (χ0) is 15.5. The number of hydrogen-bond acceptors (Lipinski definition) is 3. The Hall–Kier alpha value is -0.800. The Labute approximate surface area is 129 Å². The molecule has 3 nitrogen and oxygen atoms in total. The van der Waals surface area contributed by atoms with E-state index in [-0.39, 0.29) is 5.54 Å². The van der Waals surface area contributed by atoms with Crippen molar-refractivity contribution in [3.05, 3.63) is 23.2 Å². The van der Waals surface area contributed by atoms with E-state index in [4.69, 9.17) is 9.15 Å². The quantitative estimate of drug-likeness (QED) is 0.863. The van der Waals surface area contributed by atoms with Crippen LogP contribution >= 0.6 is 0 Å². The van der Waals surface area contributed by atoms with E-state index >= 15 is 0 Å². The lowest BCUT2D eigenvalue weighted by atomic mass is 9.89. The van der Waals surface area contributed by atoms with E-state index in [0.717, 1.165) is 24.0 Å². The van der Waals surface area contributed by atoms with Gasteiger partial charge in [0.15, 0.2) is 0 Å². The van der Waals surface area contributed by atoms with Gasteiger partial charge in [-0.3, -0.25) is 0 Å². The van der Waals surface area contributed by atoms with Crippen LogP contribution in [0.15, 0.2) is 10.5 Å². The van der Waals surface area contributed by atoms with Gasteiger partial charge in [-0.05, 0) is 52.5 Å². The Morgan fingerprint density at radius 3 is 2.76 bits per heavy atom. The van der Waals surface area contributed by atoms with Crippen molar-refractivity contribution in [2.24, 2.45) is 5.92 Å². The number of rotatable bonds is 5. The molecule has 0 aliphatic heterocycles. The average molecular weight is 293 g/mol. The van der Waals surface area contributed by atoms with Crippen molar-refractivity contribution in [1.29, 1.82) is 0 Å². The summed E-state index contributed by atoms with van der Waals surface area (Å²) in [6.45, 7) is 12.3. The van der Waals surface area contributed by atoms with Crippen molar-refractivity contribution >= 4 is 0 Å². The molecule has 2 unspecified atom stereocenters. The largest absolute Gasteiger partial charge is 0.464 e. The normalized spacial score (nSPS) is 23.5. The van der Waals surface area contributed by atoms with E-state index in [2.05, 4.69) is 39.1 Å². The van der Waals surface area contributed by atoms with Crippen LogP contribution in [0.2, 0.25) is 0 Å². The van der Waals surface area contributed by atoms with Crippen LogP contribution in [-0.4, -0.2) is 11.6 Å². The zero-order valence-corrected chi connectivity index (χ0v) is 14.3. The van der Waals surface area contributed by atoms with Gasteiger partial charge in [0, 0.05) is 17.6 Å². The fourth-order valence-corrected chi connectivity index (χ4v) is 2.92. The minimum Gasteiger partial charge on any atom is -0.464 e. The third-order valence-electron chi connectivity index (χ3n) is 4.23. The van der Waals surface area contributed by atoms with Crippen molar-refractivity contribution in [3.63, 3.8) is 0 Å². The first-order valence-electron chi connectivity index (χ1n) is 8.28. The van der Waals surface area contributed by atoms with Gasteiger partial charge in [0.2, 0.25) is 0 Å². The standard InChI is InChI=1S/C18H31NO2/c1-13-7-6-8-16(9-13)20-12-17-10-15(14(2)21-17)11-19-18(3,4)5/h10,13,16,19H,6-9,11-12H2,1-5H3. The molecule has 1 aliphatic rings. The molecule has 1 N–H and O–H groups in total. The summed E-state index contributed by atoms with van der Waals surface area (Å²) in [4.78, 5) is 0. The van der Waals surface area contributed by atoms with Crippen LogP contribution in [0.1, 0.15) is 70.5 Å². The summed E-state index contributed by atoms with van der Waals surface area (Å²) in [5.74, 6) is 2.76. The topological polar surface area (TPSA) is 34.4 Å². The first-order chi connectivity index (χ1) is 9.83. The Balaban J connectivity index is 1.84. The lowest BCUT2D eigenvalue weighted by molar-refractivity contribution is -0.00287.